The smallest absolute Gasteiger partial charge is 0.274 e. The molecular formula is C23H14Cl2N2O2S. The molecule has 7 heteroatoms. The molecule has 5 aromatic rings. The standard InChI is InChI=1S/C23H14Cl2N2O2S/c24-16-9-8-15(18(25)12-16)13-29-17-5-3-4-14(10-17)11-21-22(28)27-20-7-2-1-6-19(20)26-23(27)30-21/h1-12H,13H2/b21-11+. The molecule has 2 heterocycles. The number of halogens is 2. The first-order valence-electron chi connectivity index (χ1n) is 9.17. The molecule has 3 aromatic carbocycles. The molecule has 0 fully saturated rings. The van der Waals surface area contributed by atoms with Crippen LogP contribution < -0.4 is 14.8 Å². The minimum atomic E-state index is -0.0667. The van der Waals surface area contributed by atoms with E-state index in [1.807, 2.05) is 60.7 Å². The summed E-state index contributed by atoms with van der Waals surface area (Å²) in [6.07, 6.45) is 1.86. The van der Waals surface area contributed by atoms with Crippen LogP contribution in [-0.2, 0) is 6.61 Å². The number of rotatable bonds is 4. The fourth-order valence-corrected chi connectivity index (χ4v) is 4.71. The van der Waals surface area contributed by atoms with Gasteiger partial charge in [-0.2, -0.15) is 0 Å². The Kier molecular flexibility index (Phi) is 4.95. The lowest BCUT2D eigenvalue weighted by Crippen LogP contribution is -2.22. The normalized spacial score (nSPS) is 12.1. The van der Waals surface area contributed by atoms with Crippen molar-refractivity contribution in [3.63, 3.8) is 0 Å². The predicted octanol–water partition coefficient (Wildman–Crippen LogP) is 5.34. The number of aromatic nitrogens is 2. The minimum Gasteiger partial charge on any atom is -0.489 e. The van der Waals surface area contributed by atoms with Crippen molar-refractivity contribution >= 4 is 56.6 Å². The monoisotopic (exact) mass is 452 g/mol. The first kappa shape index (κ1) is 19.1. The Morgan fingerprint density at radius 3 is 2.77 bits per heavy atom. The minimum absolute atomic E-state index is 0.0667. The van der Waals surface area contributed by atoms with E-state index in [1.54, 1.807) is 16.5 Å². The number of para-hydroxylation sites is 2. The maximum absolute atomic E-state index is 12.9. The van der Waals surface area contributed by atoms with Gasteiger partial charge in [-0.1, -0.05) is 64.9 Å². The first-order valence-corrected chi connectivity index (χ1v) is 10.7. The quantitative estimate of drug-likeness (QED) is 0.369. The topological polar surface area (TPSA) is 43.6 Å². The Labute approximate surface area is 185 Å². The second kappa shape index (κ2) is 7.76. The molecule has 148 valence electrons. The van der Waals surface area contributed by atoms with Gasteiger partial charge in [-0.3, -0.25) is 4.79 Å². The molecule has 0 saturated heterocycles. The summed E-state index contributed by atoms with van der Waals surface area (Å²) in [6, 6.07) is 20.5. The van der Waals surface area contributed by atoms with Gasteiger partial charge in [0.2, 0.25) is 0 Å². The summed E-state index contributed by atoms with van der Waals surface area (Å²) in [5, 5.41) is 1.15. The molecule has 0 spiro atoms. The van der Waals surface area contributed by atoms with Gasteiger partial charge in [0.1, 0.15) is 12.4 Å². The van der Waals surface area contributed by atoms with Crippen molar-refractivity contribution in [2.24, 2.45) is 0 Å². The lowest BCUT2D eigenvalue weighted by atomic mass is 10.2. The zero-order valence-electron chi connectivity index (χ0n) is 15.5. The van der Waals surface area contributed by atoms with Gasteiger partial charge >= 0.3 is 0 Å². The SMILES string of the molecule is O=c1/c(=C\c2cccc(OCc3ccc(Cl)cc3Cl)c2)sc2nc3ccccc3n12. The van der Waals surface area contributed by atoms with Crippen molar-refractivity contribution in [1.82, 2.24) is 9.38 Å². The van der Waals surface area contributed by atoms with Crippen molar-refractivity contribution < 1.29 is 4.74 Å². The molecule has 0 radical (unpaired) electrons. The van der Waals surface area contributed by atoms with Crippen molar-refractivity contribution in [2.75, 3.05) is 0 Å². The van der Waals surface area contributed by atoms with Crippen molar-refractivity contribution in [1.29, 1.82) is 0 Å². The summed E-state index contributed by atoms with van der Waals surface area (Å²) in [7, 11) is 0. The van der Waals surface area contributed by atoms with Crippen LogP contribution in [0.25, 0.3) is 22.1 Å². The molecule has 30 heavy (non-hydrogen) atoms. The molecule has 0 N–H and O–H groups in total. The Bertz CT molecular complexity index is 1510. The molecule has 0 bridgehead atoms. The first-order chi connectivity index (χ1) is 14.6. The van der Waals surface area contributed by atoms with Crippen LogP contribution in [0.4, 0.5) is 0 Å². The fourth-order valence-electron chi connectivity index (χ4n) is 3.26. The lowest BCUT2D eigenvalue weighted by Gasteiger charge is -2.08. The molecule has 5 rings (SSSR count). The van der Waals surface area contributed by atoms with Gasteiger partial charge in [0.25, 0.3) is 5.56 Å². The largest absolute Gasteiger partial charge is 0.489 e. The molecule has 0 saturated carbocycles. The highest BCUT2D eigenvalue weighted by molar-refractivity contribution is 7.15. The molecule has 0 aliphatic heterocycles. The molecule has 4 nitrogen and oxygen atoms in total. The van der Waals surface area contributed by atoms with E-state index in [1.165, 1.54) is 11.3 Å². The highest BCUT2D eigenvalue weighted by atomic mass is 35.5. The van der Waals surface area contributed by atoms with Crippen LogP contribution in [-0.4, -0.2) is 9.38 Å². The van der Waals surface area contributed by atoms with Crippen molar-refractivity contribution in [3.8, 4) is 5.75 Å². The van der Waals surface area contributed by atoms with Gasteiger partial charge in [-0.15, -0.1) is 0 Å². The number of hydrogen-bond donors (Lipinski definition) is 0. The van der Waals surface area contributed by atoms with Gasteiger partial charge in [-0.05, 0) is 48.0 Å². The summed E-state index contributed by atoms with van der Waals surface area (Å²) in [5.74, 6) is 0.689. The van der Waals surface area contributed by atoms with E-state index < -0.39 is 0 Å². The van der Waals surface area contributed by atoms with Crippen LogP contribution in [0.2, 0.25) is 10.0 Å². The Balaban J connectivity index is 1.46. The van der Waals surface area contributed by atoms with E-state index in [-0.39, 0.29) is 5.56 Å². The summed E-state index contributed by atoms with van der Waals surface area (Å²) in [4.78, 5) is 18.2. The molecule has 0 aliphatic rings. The molecular weight excluding hydrogens is 439 g/mol. The van der Waals surface area contributed by atoms with E-state index in [9.17, 15) is 4.79 Å². The van der Waals surface area contributed by atoms with Gasteiger partial charge < -0.3 is 4.74 Å². The summed E-state index contributed by atoms with van der Waals surface area (Å²) in [5.41, 5.74) is 3.31. The number of fused-ring (bicyclic) bond motifs is 3. The van der Waals surface area contributed by atoms with E-state index in [2.05, 4.69) is 4.98 Å². The number of imidazole rings is 1. The second-order valence-corrected chi connectivity index (χ2v) is 8.58. The maximum atomic E-state index is 12.9. The number of ether oxygens (including phenoxy) is 1. The van der Waals surface area contributed by atoms with Crippen LogP contribution in [0.15, 0.2) is 71.5 Å². The zero-order valence-corrected chi connectivity index (χ0v) is 17.8. The van der Waals surface area contributed by atoms with Crippen LogP contribution >= 0.6 is 34.5 Å². The average molecular weight is 453 g/mol. The van der Waals surface area contributed by atoms with Gasteiger partial charge in [0.05, 0.1) is 15.6 Å². The zero-order chi connectivity index (χ0) is 20.7. The number of thiazole rings is 1. The molecule has 2 aromatic heterocycles. The highest BCUT2D eigenvalue weighted by Gasteiger charge is 2.10. The third-order valence-electron chi connectivity index (χ3n) is 4.71. The van der Waals surface area contributed by atoms with E-state index >= 15 is 0 Å². The maximum Gasteiger partial charge on any atom is 0.274 e. The van der Waals surface area contributed by atoms with Crippen molar-refractivity contribution in [3.05, 3.63) is 103 Å². The van der Waals surface area contributed by atoms with Gasteiger partial charge in [0.15, 0.2) is 4.96 Å². The molecule has 0 unspecified atom stereocenters. The molecule has 0 amide bonds. The molecule has 0 atom stereocenters. The van der Waals surface area contributed by atoms with E-state index in [0.717, 1.165) is 22.2 Å². The lowest BCUT2D eigenvalue weighted by molar-refractivity contribution is 0.306. The third kappa shape index (κ3) is 3.56. The third-order valence-corrected chi connectivity index (χ3v) is 6.27. The average Bonchev–Trinajstić information content (AvgIpc) is 3.24. The van der Waals surface area contributed by atoms with Gasteiger partial charge in [-0.25, -0.2) is 9.38 Å². The summed E-state index contributed by atoms with van der Waals surface area (Å²) >= 11 is 13.5. The van der Waals surface area contributed by atoms with Crippen LogP contribution in [0.5, 0.6) is 5.75 Å². The van der Waals surface area contributed by atoms with Crippen LogP contribution in [0.3, 0.4) is 0 Å². The fraction of sp³-hybridized carbons (Fsp3) is 0.0435. The van der Waals surface area contributed by atoms with Crippen molar-refractivity contribution in [2.45, 2.75) is 6.61 Å². The summed E-state index contributed by atoms with van der Waals surface area (Å²) < 4.78 is 8.17. The van der Waals surface area contributed by atoms with Gasteiger partial charge in [0, 0.05) is 15.6 Å². The Morgan fingerprint density at radius 2 is 1.90 bits per heavy atom. The van der Waals surface area contributed by atoms with E-state index in [0.29, 0.717) is 31.9 Å². The predicted molar refractivity (Wildman–Crippen MR) is 123 cm³/mol. The number of benzene rings is 3. The second-order valence-electron chi connectivity index (χ2n) is 6.73. The van der Waals surface area contributed by atoms with Crippen LogP contribution in [0.1, 0.15) is 11.1 Å². The molecule has 0 aliphatic carbocycles. The number of nitrogens with zero attached hydrogens (tertiary/aromatic N) is 2. The highest BCUT2D eigenvalue weighted by Crippen LogP contribution is 2.23. The number of hydrogen-bond acceptors (Lipinski definition) is 4. The Morgan fingerprint density at radius 1 is 1.03 bits per heavy atom. The van der Waals surface area contributed by atoms with Crippen LogP contribution in [0, 0.1) is 0 Å². The summed E-state index contributed by atoms with van der Waals surface area (Å²) in [6.45, 7) is 0.324. The Hall–Kier alpha value is -2.86. The van der Waals surface area contributed by atoms with E-state index in [4.69, 9.17) is 27.9 Å².